The SMILES string of the molecule is CCCn1c(N2CCN(c3ccccc3F)CC2)c(C=C2SC(=S)N(CCc3ccc(OC)cc3)C2=O)c(C)c(C#N)c1=O. The van der Waals surface area contributed by atoms with Crippen LogP contribution in [0.3, 0.4) is 0 Å². The van der Waals surface area contributed by atoms with E-state index in [2.05, 4.69) is 11.0 Å². The highest BCUT2D eigenvalue weighted by Gasteiger charge is 2.33. The van der Waals surface area contributed by atoms with Crippen LogP contribution in [0.25, 0.3) is 6.08 Å². The van der Waals surface area contributed by atoms with Crippen molar-refractivity contribution in [2.24, 2.45) is 0 Å². The predicted molar refractivity (Wildman–Crippen MR) is 178 cm³/mol. The summed E-state index contributed by atoms with van der Waals surface area (Å²) in [6.45, 7) is 6.74. The molecule has 1 amide bonds. The summed E-state index contributed by atoms with van der Waals surface area (Å²) < 4.78 is 21.9. The Morgan fingerprint density at radius 3 is 2.36 bits per heavy atom. The van der Waals surface area contributed by atoms with E-state index in [1.54, 1.807) is 41.7 Å². The Balaban J connectivity index is 1.47. The summed E-state index contributed by atoms with van der Waals surface area (Å²) in [7, 11) is 1.62. The fourth-order valence-corrected chi connectivity index (χ4v) is 6.93. The third-order valence-corrected chi connectivity index (χ3v) is 9.38. The van der Waals surface area contributed by atoms with Gasteiger partial charge in [-0.15, -0.1) is 0 Å². The molecule has 0 bridgehead atoms. The number of pyridine rings is 1. The third-order valence-electron chi connectivity index (χ3n) is 8.00. The Labute approximate surface area is 266 Å². The Kier molecular flexibility index (Phi) is 9.71. The summed E-state index contributed by atoms with van der Waals surface area (Å²) in [5, 5.41) is 9.96. The molecule has 0 aliphatic carbocycles. The summed E-state index contributed by atoms with van der Waals surface area (Å²) in [4.78, 5) is 33.4. The van der Waals surface area contributed by atoms with E-state index in [1.807, 2.05) is 42.2 Å². The van der Waals surface area contributed by atoms with E-state index in [4.69, 9.17) is 17.0 Å². The predicted octanol–water partition coefficient (Wildman–Crippen LogP) is 5.36. The zero-order chi connectivity index (χ0) is 31.4. The molecule has 3 heterocycles. The number of thiocarbonyl (C=S) groups is 1. The highest BCUT2D eigenvalue weighted by molar-refractivity contribution is 8.26. The standard InChI is InChI=1S/C33H34FN5O3S2/c1-4-14-38-30(37-18-16-36(17-19-37)28-8-6-5-7-27(28)34)25(22(2)26(21-35)31(38)40)20-29-32(41)39(33(43)44-29)15-13-23-9-11-24(42-3)12-10-23/h5-12,20H,4,13-19H2,1-3H3. The highest BCUT2D eigenvalue weighted by Crippen LogP contribution is 2.36. The number of piperazine rings is 1. The quantitative estimate of drug-likeness (QED) is 0.231. The van der Waals surface area contributed by atoms with Crippen LogP contribution in [0.15, 0.2) is 58.2 Å². The van der Waals surface area contributed by atoms with Crippen molar-refractivity contribution in [1.82, 2.24) is 9.47 Å². The van der Waals surface area contributed by atoms with Crippen molar-refractivity contribution in [3.63, 3.8) is 0 Å². The maximum Gasteiger partial charge on any atom is 0.270 e. The molecule has 0 radical (unpaired) electrons. The van der Waals surface area contributed by atoms with Gasteiger partial charge in [-0.2, -0.15) is 5.26 Å². The first kappa shape index (κ1) is 31.3. The number of benzene rings is 2. The smallest absolute Gasteiger partial charge is 0.270 e. The highest BCUT2D eigenvalue weighted by atomic mass is 32.2. The number of aromatic nitrogens is 1. The Bertz CT molecular complexity index is 1710. The molecule has 0 spiro atoms. The first-order valence-electron chi connectivity index (χ1n) is 14.6. The van der Waals surface area contributed by atoms with Gasteiger partial charge < -0.3 is 14.5 Å². The van der Waals surface area contributed by atoms with E-state index in [0.717, 1.165) is 11.3 Å². The van der Waals surface area contributed by atoms with Gasteiger partial charge in [0.25, 0.3) is 11.5 Å². The van der Waals surface area contributed by atoms with Crippen LogP contribution >= 0.6 is 24.0 Å². The summed E-state index contributed by atoms with van der Waals surface area (Å²) in [5.41, 5.74) is 2.51. The van der Waals surface area contributed by atoms with Crippen LogP contribution in [0.2, 0.25) is 0 Å². The van der Waals surface area contributed by atoms with E-state index < -0.39 is 0 Å². The lowest BCUT2D eigenvalue weighted by molar-refractivity contribution is -0.122. The molecule has 2 aliphatic heterocycles. The second-order valence-electron chi connectivity index (χ2n) is 10.7. The number of methoxy groups -OCH3 is 1. The molecule has 5 rings (SSSR count). The molecule has 2 fully saturated rings. The average molecular weight is 632 g/mol. The van der Waals surface area contributed by atoms with E-state index in [-0.39, 0.29) is 22.8 Å². The van der Waals surface area contributed by atoms with Crippen molar-refractivity contribution in [2.45, 2.75) is 33.2 Å². The number of carbonyl (C=O) groups excluding carboxylic acids is 1. The summed E-state index contributed by atoms with van der Waals surface area (Å²) in [6.07, 6.45) is 3.09. The number of thioether (sulfide) groups is 1. The van der Waals surface area contributed by atoms with Gasteiger partial charge in [-0.3, -0.25) is 19.1 Å². The Morgan fingerprint density at radius 1 is 1.05 bits per heavy atom. The van der Waals surface area contributed by atoms with Gasteiger partial charge in [-0.05, 0) is 61.2 Å². The lowest BCUT2D eigenvalue weighted by Crippen LogP contribution is -2.49. The van der Waals surface area contributed by atoms with Crippen LogP contribution < -0.4 is 20.1 Å². The van der Waals surface area contributed by atoms with Crippen molar-refractivity contribution in [3.8, 4) is 11.8 Å². The lowest BCUT2D eigenvalue weighted by atomic mass is 10.0. The van der Waals surface area contributed by atoms with Gasteiger partial charge in [0.05, 0.1) is 17.7 Å². The molecule has 0 N–H and O–H groups in total. The zero-order valence-corrected chi connectivity index (χ0v) is 26.6. The van der Waals surface area contributed by atoms with Crippen molar-refractivity contribution in [2.75, 3.05) is 49.6 Å². The van der Waals surface area contributed by atoms with Gasteiger partial charge in [0.1, 0.15) is 33.3 Å². The monoisotopic (exact) mass is 631 g/mol. The Morgan fingerprint density at radius 2 is 1.73 bits per heavy atom. The molecule has 8 nitrogen and oxygen atoms in total. The van der Waals surface area contributed by atoms with Gasteiger partial charge >= 0.3 is 0 Å². The molecule has 0 unspecified atom stereocenters. The molecule has 2 aromatic carbocycles. The van der Waals surface area contributed by atoms with E-state index in [1.165, 1.54) is 17.8 Å². The van der Waals surface area contributed by atoms with Crippen LogP contribution in [0.1, 0.15) is 35.6 Å². The molecule has 228 valence electrons. The molecule has 2 saturated heterocycles. The van der Waals surface area contributed by atoms with Crippen molar-refractivity contribution < 1.29 is 13.9 Å². The number of ether oxygens (including phenoxy) is 1. The molecule has 0 atom stereocenters. The normalized spacial score (nSPS) is 16.2. The average Bonchev–Trinajstić information content (AvgIpc) is 3.30. The molecule has 44 heavy (non-hydrogen) atoms. The van der Waals surface area contributed by atoms with Crippen LogP contribution in [0.4, 0.5) is 15.9 Å². The summed E-state index contributed by atoms with van der Waals surface area (Å²) in [5.74, 6) is 0.969. The first-order chi connectivity index (χ1) is 21.3. The number of hydrogen-bond donors (Lipinski definition) is 0. The Hall–Kier alpha value is -4.14. The first-order valence-corrected chi connectivity index (χ1v) is 15.8. The van der Waals surface area contributed by atoms with Crippen LogP contribution in [0, 0.1) is 24.1 Å². The fraction of sp³-hybridized carbons (Fsp3) is 0.333. The number of amides is 1. The molecular formula is C33H34FN5O3S2. The second kappa shape index (κ2) is 13.7. The topological polar surface area (TPSA) is 81.8 Å². The van der Waals surface area contributed by atoms with Crippen LogP contribution in [0.5, 0.6) is 5.75 Å². The van der Waals surface area contributed by atoms with Crippen LogP contribution in [-0.4, -0.2) is 59.5 Å². The number of halogens is 1. The maximum absolute atomic E-state index is 14.5. The van der Waals surface area contributed by atoms with Crippen LogP contribution in [-0.2, 0) is 17.8 Å². The number of nitrogens with zero attached hydrogens (tertiary/aromatic N) is 5. The van der Waals surface area contributed by atoms with Gasteiger partial charge in [-0.25, -0.2) is 4.39 Å². The number of rotatable bonds is 9. The number of hydrogen-bond acceptors (Lipinski definition) is 8. The fourth-order valence-electron chi connectivity index (χ4n) is 5.64. The van der Waals surface area contributed by atoms with E-state index >= 15 is 0 Å². The maximum atomic E-state index is 14.5. The van der Waals surface area contributed by atoms with Crippen molar-refractivity contribution in [3.05, 3.63) is 91.9 Å². The largest absolute Gasteiger partial charge is 0.497 e. The minimum atomic E-state index is -0.345. The molecule has 1 aromatic heterocycles. The lowest BCUT2D eigenvalue weighted by Gasteiger charge is -2.39. The molecule has 11 heteroatoms. The molecule has 0 saturated carbocycles. The minimum Gasteiger partial charge on any atom is -0.497 e. The number of carbonyl (C=O) groups is 1. The van der Waals surface area contributed by atoms with Gasteiger partial charge in [0.15, 0.2) is 0 Å². The summed E-state index contributed by atoms with van der Waals surface area (Å²) in [6, 6.07) is 16.5. The van der Waals surface area contributed by atoms with Crippen molar-refractivity contribution in [1.29, 1.82) is 5.26 Å². The second-order valence-corrected chi connectivity index (χ2v) is 12.3. The molecule has 3 aromatic rings. The third kappa shape index (κ3) is 6.23. The number of para-hydroxylation sites is 1. The zero-order valence-electron chi connectivity index (χ0n) is 25.0. The van der Waals surface area contributed by atoms with Crippen molar-refractivity contribution >= 4 is 51.8 Å². The summed E-state index contributed by atoms with van der Waals surface area (Å²) >= 11 is 6.84. The van der Waals surface area contributed by atoms with Gasteiger partial charge in [-0.1, -0.05) is 55.2 Å². The molecule has 2 aliphatic rings. The van der Waals surface area contributed by atoms with E-state index in [9.17, 15) is 19.2 Å². The molecular weight excluding hydrogens is 598 g/mol. The van der Waals surface area contributed by atoms with Gasteiger partial charge in [0, 0.05) is 44.8 Å². The van der Waals surface area contributed by atoms with Gasteiger partial charge in [0.2, 0.25) is 0 Å². The van der Waals surface area contributed by atoms with E-state index in [0.29, 0.717) is 84.0 Å². The minimum absolute atomic E-state index is 0.0634. The number of anilines is 2. The number of nitriles is 1.